The third-order valence-corrected chi connectivity index (χ3v) is 4.31. The summed E-state index contributed by atoms with van der Waals surface area (Å²) in [6, 6.07) is 11.6. The Morgan fingerprint density at radius 2 is 1.89 bits per heavy atom. The summed E-state index contributed by atoms with van der Waals surface area (Å²) in [5.41, 5.74) is 4.60. The summed E-state index contributed by atoms with van der Waals surface area (Å²) in [6.45, 7) is 11.9. The maximum absolute atomic E-state index is 12.8. The minimum absolute atomic E-state index is 0.118. The normalized spacial score (nSPS) is 10.9. The Morgan fingerprint density at radius 1 is 1.11 bits per heavy atom. The fourth-order valence-corrected chi connectivity index (χ4v) is 2.92. The largest absolute Gasteiger partial charge is 0.494 e. The van der Waals surface area contributed by atoms with Crippen LogP contribution in [0.3, 0.4) is 0 Å². The van der Waals surface area contributed by atoms with Gasteiger partial charge in [-0.3, -0.25) is 4.79 Å². The highest BCUT2D eigenvalue weighted by Crippen LogP contribution is 2.25. The molecule has 2 aromatic rings. The van der Waals surface area contributed by atoms with Gasteiger partial charge in [-0.05, 0) is 55.5 Å². The van der Waals surface area contributed by atoms with Crippen molar-refractivity contribution >= 4 is 11.6 Å². The molecule has 146 valence electrons. The zero-order valence-electron chi connectivity index (χ0n) is 17.1. The van der Waals surface area contributed by atoms with E-state index < -0.39 is 0 Å². The molecule has 1 amide bonds. The smallest absolute Gasteiger partial charge is 0.255 e. The van der Waals surface area contributed by atoms with E-state index in [-0.39, 0.29) is 5.91 Å². The van der Waals surface area contributed by atoms with Crippen molar-refractivity contribution in [1.29, 1.82) is 0 Å². The standard InChI is InChI=1S/C23H31NO3/c1-6-18-10-8-9-17(5)22(18)24-23(25)19-11-12-21(27-7-2)20(13-19)15-26-14-16(3)4/h8-13,16H,6-7,14-15H2,1-5H3,(H,24,25). The van der Waals surface area contributed by atoms with Crippen LogP contribution in [0.4, 0.5) is 5.69 Å². The Kier molecular flexibility index (Phi) is 7.86. The van der Waals surface area contributed by atoms with Crippen LogP contribution in [-0.2, 0) is 17.8 Å². The molecule has 0 saturated carbocycles. The summed E-state index contributed by atoms with van der Waals surface area (Å²) in [6.07, 6.45) is 0.870. The Balaban J connectivity index is 2.23. The number of rotatable bonds is 9. The Bertz CT molecular complexity index is 768. The van der Waals surface area contributed by atoms with Crippen molar-refractivity contribution in [3.8, 4) is 5.75 Å². The molecule has 27 heavy (non-hydrogen) atoms. The minimum atomic E-state index is -0.118. The summed E-state index contributed by atoms with van der Waals surface area (Å²) in [4.78, 5) is 12.8. The third-order valence-electron chi connectivity index (χ3n) is 4.31. The first kappa shape index (κ1) is 21.0. The van der Waals surface area contributed by atoms with Crippen LogP contribution in [0.2, 0.25) is 0 Å². The molecule has 4 heteroatoms. The first-order valence-corrected chi connectivity index (χ1v) is 9.69. The second kappa shape index (κ2) is 10.1. The summed E-state index contributed by atoms with van der Waals surface area (Å²) in [7, 11) is 0. The van der Waals surface area contributed by atoms with Gasteiger partial charge in [0.25, 0.3) is 5.91 Å². The van der Waals surface area contributed by atoms with Gasteiger partial charge in [-0.15, -0.1) is 0 Å². The van der Waals surface area contributed by atoms with Crippen molar-refractivity contribution in [1.82, 2.24) is 0 Å². The van der Waals surface area contributed by atoms with Gasteiger partial charge in [-0.25, -0.2) is 0 Å². The van der Waals surface area contributed by atoms with E-state index in [1.54, 1.807) is 6.07 Å². The number of anilines is 1. The first-order valence-electron chi connectivity index (χ1n) is 9.69. The number of benzene rings is 2. The second-order valence-electron chi connectivity index (χ2n) is 7.08. The number of para-hydroxylation sites is 1. The lowest BCUT2D eigenvalue weighted by Gasteiger charge is -2.15. The van der Waals surface area contributed by atoms with Crippen molar-refractivity contribution in [3.63, 3.8) is 0 Å². The number of aryl methyl sites for hydroxylation is 2. The van der Waals surface area contributed by atoms with Gasteiger partial charge in [0.1, 0.15) is 5.75 Å². The highest BCUT2D eigenvalue weighted by Gasteiger charge is 2.14. The predicted molar refractivity (Wildman–Crippen MR) is 111 cm³/mol. The maximum Gasteiger partial charge on any atom is 0.255 e. The van der Waals surface area contributed by atoms with Gasteiger partial charge in [0.2, 0.25) is 0 Å². The van der Waals surface area contributed by atoms with E-state index in [4.69, 9.17) is 9.47 Å². The van der Waals surface area contributed by atoms with E-state index in [2.05, 4.69) is 26.1 Å². The van der Waals surface area contributed by atoms with Crippen LogP contribution in [-0.4, -0.2) is 19.1 Å². The molecule has 0 aliphatic carbocycles. The summed E-state index contributed by atoms with van der Waals surface area (Å²) in [5.74, 6) is 1.11. The number of nitrogens with one attached hydrogen (secondary N) is 1. The van der Waals surface area contributed by atoms with Crippen molar-refractivity contribution in [3.05, 3.63) is 58.7 Å². The monoisotopic (exact) mass is 369 g/mol. The number of carbonyl (C=O) groups excluding carboxylic acids is 1. The summed E-state index contributed by atoms with van der Waals surface area (Å²) < 4.78 is 11.5. The van der Waals surface area contributed by atoms with Gasteiger partial charge < -0.3 is 14.8 Å². The zero-order chi connectivity index (χ0) is 19.8. The van der Waals surface area contributed by atoms with E-state index in [9.17, 15) is 4.79 Å². The average molecular weight is 370 g/mol. The molecule has 0 spiro atoms. The lowest BCUT2D eigenvalue weighted by molar-refractivity contribution is 0.0948. The van der Waals surface area contributed by atoms with Gasteiger partial charge >= 0.3 is 0 Å². The molecule has 0 aliphatic rings. The molecule has 2 aromatic carbocycles. The van der Waals surface area contributed by atoms with Gasteiger partial charge in [-0.2, -0.15) is 0 Å². The minimum Gasteiger partial charge on any atom is -0.494 e. The summed E-state index contributed by atoms with van der Waals surface area (Å²) in [5, 5.41) is 3.08. The SMILES string of the molecule is CCOc1ccc(C(=O)Nc2c(C)cccc2CC)cc1COCC(C)C. The number of hydrogen-bond donors (Lipinski definition) is 1. The van der Waals surface area contributed by atoms with Gasteiger partial charge in [0.05, 0.1) is 13.2 Å². The van der Waals surface area contributed by atoms with Crippen molar-refractivity contribution in [2.24, 2.45) is 5.92 Å². The van der Waals surface area contributed by atoms with Crippen molar-refractivity contribution in [2.75, 3.05) is 18.5 Å². The average Bonchev–Trinajstić information content (AvgIpc) is 2.64. The van der Waals surface area contributed by atoms with Crippen LogP contribution < -0.4 is 10.1 Å². The molecule has 0 bridgehead atoms. The second-order valence-corrected chi connectivity index (χ2v) is 7.08. The van der Waals surface area contributed by atoms with Gasteiger partial charge in [-0.1, -0.05) is 39.0 Å². The van der Waals surface area contributed by atoms with E-state index in [1.165, 1.54) is 0 Å². The molecular formula is C23H31NO3. The highest BCUT2D eigenvalue weighted by molar-refractivity contribution is 6.05. The fourth-order valence-electron chi connectivity index (χ4n) is 2.92. The van der Waals surface area contributed by atoms with E-state index in [1.807, 2.05) is 44.2 Å². The zero-order valence-corrected chi connectivity index (χ0v) is 17.1. The predicted octanol–water partition coefficient (Wildman–Crippen LogP) is 5.38. The summed E-state index contributed by atoms with van der Waals surface area (Å²) >= 11 is 0. The molecule has 0 atom stereocenters. The maximum atomic E-state index is 12.8. The molecule has 1 N–H and O–H groups in total. The molecule has 2 rings (SSSR count). The Morgan fingerprint density at radius 3 is 2.56 bits per heavy atom. The van der Waals surface area contributed by atoms with Crippen LogP contribution in [0.15, 0.2) is 36.4 Å². The number of amides is 1. The number of ether oxygens (including phenoxy) is 2. The lowest BCUT2D eigenvalue weighted by Crippen LogP contribution is -2.15. The van der Waals surface area contributed by atoms with Crippen molar-refractivity contribution < 1.29 is 14.3 Å². The van der Waals surface area contributed by atoms with Gasteiger partial charge in [0.15, 0.2) is 0 Å². The van der Waals surface area contributed by atoms with E-state index in [0.29, 0.717) is 31.3 Å². The molecule has 0 unspecified atom stereocenters. The van der Waals surface area contributed by atoms with Crippen LogP contribution in [0.1, 0.15) is 54.7 Å². The van der Waals surface area contributed by atoms with Crippen LogP contribution >= 0.6 is 0 Å². The molecule has 0 heterocycles. The molecule has 0 radical (unpaired) electrons. The molecule has 0 saturated heterocycles. The molecule has 0 aromatic heterocycles. The molecule has 0 fully saturated rings. The highest BCUT2D eigenvalue weighted by atomic mass is 16.5. The quantitative estimate of drug-likeness (QED) is 0.645. The number of carbonyl (C=O) groups is 1. The molecular weight excluding hydrogens is 338 g/mol. The number of hydrogen-bond acceptors (Lipinski definition) is 3. The third kappa shape index (κ3) is 5.83. The molecule has 0 aliphatic heterocycles. The topological polar surface area (TPSA) is 47.6 Å². The first-order chi connectivity index (χ1) is 13.0. The van der Waals surface area contributed by atoms with Crippen LogP contribution in [0.5, 0.6) is 5.75 Å². The van der Waals surface area contributed by atoms with E-state index in [0.717, 1.165) is 34.5 Å². The van der Waals surface area contributed by atoms with Crippen LogP contribution in [0, 0.1) is 12.8 Å². The van der Waals surface area contributed by atoms with Crippen LogP contribution in [0.25, 0.3) is 0 Å². The Labute approximate surface area is 162 Å². The van der Waals surface area contributed by atoms with E-state index >= 15 is 0 Å². The lowest BCUT2D eigenvalue weighted by atomic mass is 10.0. The fraction of sp³-hybridized carbons (Fsp3) is 0.435. The Hall–Kier alpha value is -2.33. The molecule has 4 nitrogen and oxygen atoms in total. The van der Waals surface area contributed by atoms with Gasteiger partial charge in [0, 0.05) is 23.4 Å². The van der Waals surface area contributed by atoms with Crippen molar-refractivity contribution in [2.45, 2.75) is 47.6 Å².